The zero-order valence-corrected chi connectivity index (χ0v) is 13.4. The van der Waals surface area contributed by atoms with Gasteiger partial charge in [-0.1, -0.05) is 0 Å². The minimum atomic E-state index is -0.461. The van der Waals surface area contributed by atoms with Gasteiger partial charge in [-0.05, 0) is 31.4 Å². The molecule has 0 aliphatic heterocycles. The predicted octanol–water partition coefficient (Wildman–Crippen LogP) is 3.58. The second-order valence-corrected chi connectivity index (χ2v) is 6.15. The van der Waals surface area contributed by atoms with Gasteiger partial charge < -0.3 is 15.4 Å². The van der Waals surface area contributed by atoms with Crippen LogP contribution in [0.25, 0.3) is 0 Å². The Morgan fingerprint density at radius 3 is 2.96 bits per heavy atom. The van der Waals surface area contributed by atoms with Gasteiger partial charge in [0.1, 0.15) is 0 Å². The van der Waals surface area contributed by atoms with E-state index in [-0.39, 0.29) is 17.9 Å². The van der Waals surface area contributed by atoms with Gasteiger partial charge >= 0.3 is 6.03 Å². The Morgan fingerprint density at radius 1 is 1.43 bits per heavy atom. The summed E-state index contributed by atoms with van der Waals surface area (Å²) < 4.78 is 19.5. The molecule has 2 amide bonds. The Morgan fingerprint density at radius 2 is 2.30 bits per heavy atom. The van der Waals surface area contributed by atoms with Crippen molar-refractivity contribution in [3.05, 3.63) is 40.6 Å². The van der Waals surface area contributed by atoms with Crippen LogP contribution in [0.2, 0.25) is 0 Å². The zero-order valence-electron chi connectivity index (χ0n) is 12.5. The van der Waals surface area contributed by atoms with Gasteiger partial charge in [0.15, 0.2) is 11.6 Å². The van der Waals surface area contributed by atoms with Crippen LogP contribution in [0.15, 0.2) is 29.1 Å². The van der Waals surface area contributed by atoms with Gasteiger partial charge in [-0.3, -0.25) is 0 Å². The second-order valence-electron chi connectivity index (χ2n) is 5.43. The van der Waals surface area contributed by atoms with Crippen molar-refractivity contribution in [2.45, 2.75) is 31.8 Å². The molecule has 1 aromatic carbocycles. The molecule has 1 aliphatic carbocycles. The van der Waals surface area contributed by atoms with E-state index in [0.717, 1.165) is 25.0 Å². The molecule has 1 fully saturated rings. The number of urea groups is 1. The van der Waals surface area contributed by atoms with E-state index in [0.29, 0.717) is 18.7 Å². The molecule has 23 heavy (non-hydrogen) atoms. The first-order valence-electron chi connectivity index (χ1n) is 7.59. The highest BCUT2D eigenvalue weighted by Crippen LogP contribution is 2.28. The van der Waals surface area contributed by atoms with E-state index in [9.17, 15) is 9.18 Å². The van der Waals surface area contributed by atoms with Crippen molar-refractivity contribution in [3.8, 4) is 5.75 Å². The molecule has 0 spiro atoms. The number of benzene rings is 1. The van der Waals surface area contributed by atoms with Crippen molar-refractivity contribution < 1.29 is 13.9 Å². The first-order chi connectivity index (χ1) is 11.2. The lowest BCUT2D eigenvalue weighted by atomic mass is 9.96. The van der Waals surface area contributed by atoms with Gasteiger partial charge in [-0.15, -0.1) is 11.3 Å². The summed E-state index contributed by atoms with van der Waals surface area (Å²) in [6.45, 7) is 0.473. The number of hydrogen-bond acceptors (Lipinski definition) is 4. The fourth-order valence-electron chi connectivity index (χ4n) is 2.18. The van der Waals surface area contributed by atoms with E-state index < -0.39 is 5.82 Å². The molecule has 0 saturated heterocycles. The Labute approximate surface area is 137 Å². The maximum atomic E-state index is 14.0. The second kappa shape index (κ2) is 7.41. The lowest BCUT2D eigenvalue weighted by Gasteiger charge is -2.26. The van der Waals surface area contributed by atoms with Crippen LogP contribution in [-0.4, -0.2) is 23.7 Å². The summed E-state index contributed by atoms with van der Waals surface area (Å²) in [5, 5.41) is 7.26. The number of amides is 2. The van der Waals surface area contributed by atoms with Crippen molar-refractivity contribution in [3.63, 3.8) is 0 Å². The molecule has 2 N–H and O–H groups in total. The van der Waals surface area contributed by atoms with Crippen molar-refractivity contribution in [2.24, 2.45) is 0 Å². The number of carbonyl (C=O) groups excluding carboxylic acids is 1. The molecule has 7 heteroatoms. The van der Waals surface area contributed by atoms with Crippen molar-refractivity contribution in [1.82, 2.24) is 10.3 Å². The van der Waals surface area contributed by atoms with Gasteiger partial charge in [0.25, 0.3) is 0 Å². The number of rotatable bonds is 6. The Kier molecular flexibility index (Phi) is 5.07. The van der Waals surface area contributed by atoms with Crippen LogP contribution in [0, 0.1) is 5.82 Å². The van der Waals surface area contributed by atoms with Crippen LogP contribution in [0.3, 0.4) is 0 Å². The molecular formula is C16H18FN3O2S. The molecule has 0 bridgehead atoms. The summed E-state index contributed by atoms with van der Waals surface area (Å²) in [4.78, 5) is 15.9. The van der Waals surface area contributed by atoms with E-state index in [1.165, 1.54) is 17.4 Å². The predicted molar refractivity (Wildman–Crippen MR) is 87.5 cm³/mol. The highest BCUT2D eigenvalue weighted by Gasteiger charge is 2.20. The molecule has 1 heterocycles. The maximum Gasteiger partial charge on any atom is 0.319 e. The summed E-state index contributed by atoms with van der Waals surface area (Å²) in [5.74, 6) is -0.221. The SMILES string of the molecule is O=C(NCCc1cscn1)Nc1ccc(OC2CCC2)c(F)c1. The van der Waals surface area contributed by atoms with Crippen molar-refractivity contribution in [1.29, 1.82) is 0 Å². The summed E-state index contributed by atoms with van der Waals surface area (Å²) >= 11 is 1.52. The molecular weight excluding hydrogens is 317 g/mol. The molecule has 0 unspecified atom stereocenters. The topological polar surface area (TPSA) is 63.2 Å². The molecule has 2 aromatic rings. The third kappa shape index (κ3) is 4.41. The molecule has 0 radical (unpaired) electrons. The van der Waals surface area contributed by atoms with Crippen molar-refractivity contribution >= 4 is 23.1 Å². The van der Waals surface area contributed by atoms with E-state index in [2.05, 4.69) is 15.6 Å². The van der Waals surface area contributed by atoms with Crippen LogP contribution >= 0.6 is 11.3 Å². The zero-order chi connectivity index (χ0) is 16.1. The monoisotopic (exact) mass is 335 g/mol. The van der Waals surface area contributed by atoms with Crippen molar-refractivity contribution in [2.75, 3.05) is 11.9 Å². The summed E-state index contributed by atoms with van der Waals surface area (Å²) in [6, 6.07) is 4.09. The minimum Gasteiger partial charge on any atom is -0.487 e. The standard InChI is InChI=1S/C16H18FN3O2S/c17-14-8-11(4-5-15(14)22-13-2-1-3-13)20-16(21)18-7-6-12-9-23-10-19-12/h4-5,8-10,13H,1-3,6-7H2,(H2,18,20,21). The Bertz CT molecular complexity index is 659. The van der Waals surface area contributed by atoms with Crippen LogP contribution in [-0.2, 0) is 6.42 Å². The fourth-order valence-corrected chi connectivity index (χ4v) is 2.78. The average molecular weight is 335 g/mol. The number of carbonyl (C=O) groups is 1. The third-order valence-electron chi connectivity index (χ3n) is 3.69. The van der Waals surface area contributed by atoms with E-state index in [1.54, 1.807) is 17.6 Å². The molecule has 122 valence electrons. The smallest absolute Gasteiger partial charge is 0.319 e. The molecule has 1 aliphatic rings. The van der Waals surface area contributed by atoms with Crippen LogP contribution in [0.1, 0.15) is 25.0 Å². The van der Waals surface area contributed by atoms with E-state index in [4.69, 9.17) is 4.74 Å². The quantitative estimate of drug-likeness (QED) is 0.848. The number of anilines is 1. The average Bonchev–Trinajstić information content (AvgIpc) is 2.98. The number of thiazole rings is 1. The van der Waals surface area contributed by atoms with Crippen LogP contribution in [0.4, 0.5) is 14.9 Å². The number of ether oxygens (including phenoxy) is 1. The summed E-state index contributed by atoms with van der Waals surface area (Å²) in [7, 11) is 0. The van der Waals surface area contributed by atoms with Gasteiger partial charge in [0.2, 0.25) is 0 Å². The number of nitrogens with one attached hydrogen (secondary N) is 2. The van der Waals surface area contributed by atoms with Gasteiger partial charge in [-0.25, -0.2) is 14.2 Å². The minimum absolute atomic E-state index is 0.123. The molecule has 1 aromatic heterocycles. The lowest BCUT2D eigenvalue weighted by Crippen LogP contribution is -2.30. The number of halogens is 1. The van der Waals surface area contributed by atoms with E-state index in [1.807, 2.05) is 5.38 Å². The van der Waals surface area contributed by atoms with Gasteiger partial charge in [0.05, 0.1) is 17.3 Å². The van der Waals surface area contributed by atoms with Gasteiger partial charge in [-0.2, -0.15) is 0 Å². The normalized spacial score (nSPS) is 14.1. The fraction of sp³-hybridized carbons (Fsp3) is 0.375. The molecule has 0 atom stereocenters. The lowest BCUT2D eigenvalue weighted by molar-refractivity contribution is 0.115. The Hall–Kier alpha value is -2.15. The van der Waals surface area contributed by atoms with Crippen LogP contribution < -0.4 is 15.4 Å². The number of nitrogens with zero attached hydrogens (tertiary/aromatic N) is 1. The first kappa shape index (κ1) is 15.7. The van der Waals surface area contributed by atoms with Crippen LogP contribution in [0.5, 0.6) is 5.75 Å². The molecule has 1 saturated carbocycles. The Balaban J connectivity index is 1.46. The number of aromatic nitrogens is 1. The summed E-state index contributed by atoms with van der Waals surface area (Å²) in [5.41, 5.74) is 3.10. The maximum absolute atomic E-state index is 14.0. The highest BCUT2D eigenvalue weighted by atomic mass is 32.1. The molecule has 5 nitrogen and oxygen atoms in total. The highest BCUT2D eigenvalue weighted by molar-refractivity contribution is 7.07. The third-order valence-corrected chi connectivity index (χ3v) is 4.32. The first-order valence-corrected chi connectivity index (χ1v) is 8.53. The van der Waals surface area contributed by atoms with E-state index >= 15 is 0 Å². The molecule has 3 rings (SSSR count). The largest absolute Gasteiger partial charge is 0.487 e. The summed E-state index contributed by atoms with van der Waals surface area (Å²) in [6.07, 6.45) is 3.87. The number of hydrogen-bond donors (Lipinski definition) is 2. The van der Waals surface area contributed by atoms with Gasteiger partial charge in [0, 0.05) is 30.1 Å².